The van der Waals surface area contributed by atoms with E-state index in [4.69, 9.17) is 0 Å². The summed E-state index contributed by atoms with van der Waals surface area (Å²) in [6.07, 6.45) is 4.23. The summed E-state index contributed by atoms with van der Waals surface area (Å²) in [5, 5.41) is 3.22. The van der Waals surface area contributed by atoms with Crippen LogP contribution in [0.4, 0.5) is 0 Å². The summed E-state index contributed by atoms with van der Waals surface area (Å²) in [5.74, 6) is 0. The number of likely N-dealkylation sites (N-methyl/N-ethyl adjacent to an activating group) is 1. The van der Waals surface area contributed by atoms with Gasteiger partial charge in [-0.2, -0.15) is 0 Å². The summed E-state index contributed by atoms with van der Waals surface area (Å²) >= 11 is 0. The highest BCUT2D eigenvalue weighted by atomic mass is 15.2. The van der Waals surface area contributed by atoms with Gasteiger partial charge in [0.1, 0.15) is 0 Å². The van der Waals surface area contributed by atoms with Crippen molar-refractivity contribution in [2.75, 3.05) is 26.7 Å². The molecule has 2 nitrogen and oxygen atoms in total. The Bertz CT molecular complexity index is 97.7. The third-order valence-corrected chi connectivity index (χ3v) is 2.51. The van der Waals surface area contributed by atoms with E-state index in [-0.39, 0.29) is 0 Å². The van der Waals surface area contributed by atoms with Crippen molar-refractivity contribution >= 4 is 0 Å². The van der Waals surface area contributed by atoms with Crippen molar-refractivity contribution < 1.29 is 0 Å². The summed E-state index contributed by atoms with van der Waals surface area (Å²) in [6.45, 7) is 6.05. The Kier molecular flexibility index (Phi) is 3.87. The maximum Gasteiger partial charge on any atom is 0.0192 e. The molecular weight excluding hydrogens is 136 g/mol. The number of likely N-dealkylation sites (tertiary alicyclic amines) is 1. The molecule has 1 rings (SSSR count). The zero-order valence-electron chi connectivity index (χ0n) is 7.77. The number of hydrogen-bond acceptors (Lipinski definition) is 2. The van der Waals surface area contributed by atoms with Crippen molar-refractivity contribution in [1.29, 1.82) is 0 Å². The predicted octanol–water partition coefficient (Wildman–Crippen LogP) is 1.08. The third-order valence-electron chi connectivity index (χ3n) is 2.51. The second-order valence-electron chi connectivity index (χ2n) is 3.50. The Morgan fingerprint density at radius 3 is 2.45 bits per heavy atom. The van der Waals surface area contributed by atoms with Crippen LogP contribution in [0.2, 0.25) is 0 Å². The first-order chi connectivity index (χ1) is 5.34. The van der Waals surface area contributed by atoms with Crippen molar-refractivity contribution in [3.8, 4) is 0 Å². The fraction of sp³-hybridized carbons (Fsp3) is 1.00. The molecule has 0 saturated carbocycles. The minimum Gasteiger partial charge on any atom is -0.318 e. The average Bonchev–Trinajstić information content (AvgIpc) is 2.07. The highest BCUT2D eigenvalue weighted by molar-refractivity contribution is 4.72. The Hall–Kier alpha value is -0.0800. The van der Waals surface area contributed by atoms with Gasteiger partial charge in [0.05, 0.1) is 0 Å². The van der Waals surface area contributed by atoms with Crippen molar-refractivity contribution in [3.05, 3.63) is 0 Å². The molecule has 1 heterocycles. The van der Waals surface area contributed by atoms with E-state index in [2.05, 4.69) is 17.1 Å². The number of nitrogens with one attached hydrogen (secondary N) is 1. The van der Waals surface area contributed by atoms with E-state index < -0.39 is 0 Å². The molecule has 0 unspecified atom stereocenters. The lowest BCUT2D eigenvalue weighted by Crippen LogP contribution is -2.42. The first-order valence-corrected chi connectivity index (χ1v) is 4.73. The Morgan fingerprint density at radius 2 is 1.91 bits per heavy atom. The molecule has 1 aliphatic rings. The zero-order chi connectivity index (χ0) is 8.10. The van der Waals surface area contributed by atoms with E-state index in [1.807, 2.05) is 7.05 Å². The number of piperidine rings is 1. The van der Waals surface area contributed by atoms with E-state index in [9.17, 15) is 0 Å². The quantitative estimate of drug-likeness (QED) is 0.658. The molecule has 1 aliphatic heterocycles. The molecule has 11 heavy (non-hydrogen) atoms. The third kappa shape index (κ3) is 2.80. The standard InChI is InChI=1S/C9H20N2/c1-9(8-10-2)11-6-4-3-5-7-11/h9-10H,3-8H2,1-2H3/t9-/m0/s1. The molecule has 1 fully saturated rings. The topological polar surface area (TPSA) is 15.3 Å². The fourth-order valence-corrected chi connectivity index (χ4v) is 1.78. The molecule has 0 spiro atoms. The lowest BCUT2D eigenvalue weighted by atomic mass is 10.1. The molecule has 2 heteroatoms. The van der Waals surface area contributed by atoms with Gasteiger partial charge < -0.3 is 5.32 Å². The number of rotatable bonds is 3. The van der Waals surface area contributed by atoms with Gasteiger partial charge in [0.2, 0.25) is 0 Å². The van der Waals surface area contributed by atoms with Gasteiger partial charge >= 0.3 is 0 Å². The molecule has 0 aromatic heterocycles. The van der Waals surface area contributed by atoms with Crippen LogP contribution in [0.1, 0.15) is 26.2 Å². The first-order valence-electron chi connectivity index (χ1n) is 4.73. The summed E-state index contributed by atoms with van der Waals surface area (Å²) in [6, 6.07) is 0.722. The molecule has 0 aromatic rings. The monoisotopic (exact) mass is 156 g/mol. The van der Waals surface area contributed by atoms with Crippen molar-refractivity contribution in [3.63, 3.8) is 0 Å². The van der Waals surface area contributed by atoms with Crippen molar-refractivity contribution in [1.82, 2.24) is 10.2 Å². The van der Waals surface area contributed by atoms with E-state index in [1.165, 1.54) is 32.4 Å². The van der Waals surface area contributed by atoms with Crippen molar-refractivity contribution in [2.24, 2.45) is 0 Å². The molecule has 0 aromatic carbocycles. The first kappa shape index (κ1) is 9.01. The molecule has 1 atom stereocenters. The lowest BCUT2D eigenvalue weighted by molar-refractivity contribution is 0.172. The maximum absolute atomic E-state index is 3.22. The van der Waals surface area contributed by atoms with Gasteiger partial charge in [-0.05, 0) is 39.9 Å². The molecule has 0 bridgehead atoms. The van der Waals surface area contributed by atoms with Crippen molar-refractivity contribution in [2.45, 2.75) is 32.2 Å². The molecule has 0 radical (unpaired) electrons. The number of hydrogen-bond donors (Lipinski definition) is 1. The summed E-state index contributed by atoms with van der Waals surface area (Å²) in [5.41, 5.74) is 0. The minimum atomic E-state index is 0.722. The maximum atomic E-state index is 3.22. The molecule has 66 valence electrons. The van der Waals surface area contributed by atoms with Crippen LogP contribution >= 0.6 is 0 Å². The van der Waals surface area contributed by atoms with E-state index in [0.29, 0.717) is 0 Å². The van der Waals surface area contributed by atoms with Crippen LogP contribution in [-0.4, -0.2) is 37.6 Å². The Labute approximate surface area is 70.0 Å². The second-order valence-corrected chi connectivity index (χ2v) is 3.50. The van der Waals surface area contributed by atoms with Gasteiger partial charge in [-0.25, -0.2) is 0 Å². The van der Waals surface area contributed by atoms with Gasteiger partial charge in [0.15, 0.2) is 0 Å². The highest BCUT2D eigenvalue weighted by Gasteiger charge is 2.14. The average molecular weight is 156 g/mol. The second kappa shape index (κ2) is 4.73. The van der Waals surface area contributed by atoms with Crippen LogP contribution in [-0.2, 0) is 0 Å². The van der Waals surface area contributed by atoms with E-state index in [1.54, 1.807) is 0 Å². The van der Waals surface area contributed by atoms with Gasteiger partial charge in [-0.15, -0.1) is 0 Å². The fourth-order valence-electron chi connectivity index (χ4n) is 1.78. The molecule has 1 saturated heterocycles. The van der Waals surface area contributed by atoms with Crippen LogP contribution in [0.5, 0.6) is 0 Å². The highest BCUT2D eigenvalue weighted by Crippen LogP contribution is 2.11. The van der Waals surface area contributed by atoms with Gasteiger partial charge in [0, 0.05) is 12.6 Å². The molecule has 0 aliphatic carbocycles. The molecule has 1 N–H and O–H groups in total. The van der Waals surface area contributed by atoms with Crippen LogP contribution in [0.3, 0.4) is 0 Å². The largest absolute Gasteiger partial charge is 0.318 e. The summed E-state index contributed by atoms with van der Waals surface area (Å²) in [4.78, 5) is 2.58. The Morgan fingerprint density at radius 1 is 1.27 bits per heavy atom. The van der Waals surface area contributed by atoms with Crippen LogP contribution in [0.15, 0.2) is 0 Å². The van der Waals surface area contributed by atoms with Crippen LogP contribution in [0, 0.1) is 0 Å². The zero-order valence-corrected chi connectivity index (χ0v) is 7.77. The summed E-state index contributed by atoms with van der Waals surface area (Å²) < 4.78 is 0. The summed E-state index contributed by atoms with van der Waals surface area (Å²) in [7, 11) is 2.03. The predicted molar refractivity (Wildman–Crippen MR) is 48.8 cm³/mol. The van der Waals surface area contributed by atoms with E-state index in [0.717, 1.165) is 12.6 Å². The Balaban J connectivity index is 2.21. The molecular formula is C9H20N2. The smallest absolute Gasteiger partial charge is 0.0192 e. The lowest BCUT2D eigenvalue weighted by Gasteiger charge is -2.32. The SMILES string of the molecule is CNC[C@H](C)N1CCCCC1. The van der Waals surface area contributed by atoms with Gasteiger partial charge in [-0.3, -0.25) is 4.90 Å². The van der Waals surface area contributed by atoms with Gasteiger partial charge in [0.25, 0.3) is 0 Å². The van der Waals surface area contributed by atoms with Crippen LogP contribution < -0.4 is 5.32 Å². The minimum absolute atomic E-state index is 0.722. The molecule has 0 amide bonds. The van der Waals surface area contributed by atoms with Gasteiger partial charge in [-0.1, -0.05) is 6.42 Å². The van der Waals surface area contributed by atoms with E-state index >= 15 is 0 Å². The van der Waals surface area contributed by atoms with Crippen LogP contribution in [0.25, 0.3) is 0 Å². The number of nitrogens with zero attached hydrogens (tertiary/aromatic N) is 1. The normalized spacial score (nSPS) is 23.5.